The SMILES string of the molecule is CC(C)(C#N)CCCOc1cc(C(N)=O)cc2c(Br)c(C(F)(F)P(=O)(O)O)sc12. The van der Waals surface area contributed by atoms with Crippen LogP contribution in [0.4, 0.5) is 8.78 Å². The Morgan fingerprint density at radius 3 is 2.55 bits per heavy atom. The molecule has 0 unspecified atom stereocenters. The van der Waals surface area contributed by atoms with E-state index < -0.39 is 29.5 Å². The quantitative estimate of drug-likeness (QED) is 0.348. The van der Waals surface area contributed by atoms with Gasteiger partial charge in [-0.3, -0.25) is 9.36 Å². The number of alkyl halides is 2. The van der Waals surface area contributed by atoms with Crippen LogP contribution in [0.15, 0.2) is 16.6 Å². The van der Waals surface area contributed by atoms with Gasteiger partial charge in [0.2, 0.25) is 5.91 Å². The Bertz CT molecular complexity index is 1040. The molecule has 1 aromatic carbocycles. The van der Waals surface area contributed by atoms with Gasteiger partial charge in [-0.2, -0.15) is 14.0 Å². The van der Waals surface area contributed by atoms with E-state index in [9.17, 15) is 18.1 Å². The second kappa shape index (κ2) is 8.28. The topological polar surface area (TPSA) is 134 Å². The molecule has 12 heteroatoms. The minimum atomic E-state index is -5.78. The summed E-state index contributed by atoms with van der Waals surface area (Å²) < 4.78 is 45.4. The van der Waals surface area contributed by atoms with Crippen LogP contribution in [-0.4, -0.2) is 22.3 Å². The summed E-state index contributed by atoms with van der Waals surface area (Å²) in [7, 11) is -5.78. The molecule has 2 aromatic rings. The van der Waals surface area contributed by atoms with Crippen molar-refractivity contribution < 1.29 is 32.7 Å². The predicted octanol–water partition coefficient (Wildman–Crippen LogP) is 4.70. The highest BCUT2D eigenvalue weighted by Crippen LogP contribution is 2.63. The van der Waals surface area contributed by atoms with Gasteiger partial charge in [0.05, 0.1) is 22.8 Å². The van der Waals surface area contributed by atoms with E-state index in [1.54, 1.807) is 13.8 Å². The van der Waals surface area contributed by atoms with E-state index in [1.807, 2.05) is 0 Å². The zero-order valence-corrected chi connectivity index (χ0v) is 18.7. The van der Waals surface area contributed by atoms with E-state index in [0.29, 0.717) is 24.2 Å². The Kier molecular flexibility index (Phi) is 6.77. The number of rotatable bonds is 8. The highest BCUT2D eigenvalue weighted by molar-refractivity contribution is 9.10. The third kappa shape index (κ3) is 4.95. The van der Waals surface area contributed by atoms with Crippen molar-refractivity contribution in [3.63, 3.8) is 0 Å². The van der Waals surface area contributed by atoms with Gasteiger partial charge in [0, 0.05) is 15.4 Å². The molecular formula is C17H18BrF2N2O5PS. The number of hydrogen-bond acceptors (Lipinski definition) is 5. The fraction of sp³-hybridized carbons (Fsp3) is 0.412. The van der Waals surface area contributed by atoms with Gasteiger partial charge >= 0.3 is 13.3 Å². The van der Waals surface area contributed by atoms with Gasteiger partial charge in [0.1, 0.15) is 10.6 Å². The molecule has 0 aliphatic carbocycles. The third-order valence-electron chi connectivity index (χ3n) is 4.12. The van der Waals surface area contributed by atoms with E-state index in [-0.39, 0.29) is 32.5 Å². The molecule has 158 valence electrons. The molecule has 0 saturated heterocycles. The Morgan fingerprint density at radius 1 is 1.41 bits per heavy atom. The normalized spacial score (nSPS) is 12.8. The Labute approximate surface area is 177 Å². The summed E-state index contributed by atoms with van der Waals surface area (Å²) in [5.41, 5.74) is 0.318. The molecule has 0 fully saturated rings. The largest absolute Gasteiger partial charge is 0.492 e. The summed E-state index contributed by atoms with van der Waals surface area (Å²) in [6, 6.07) is 4.70. The molecule has 0 aliphatic rings. The van der Waals surface area contributed by atoms with Crippen molar-refractivity contribution in [2.75, 3.05) is 6.61 Å². The maximum atomic E-state index is 14.3. The number of benzene rings is 1. The monoisotopic (exact) mass is 510 g/mol. The maximum absolute atomic E-state index is 14.3. The van der Waals surface area contributed by atoms with Crippen molar-refractivity contribution in [3.8, 4) is 11.8 Å². The van der Waals surface area contributed by atoms with Crippen LogP contribution < -0.4 is 10.5 Å². The van der Waals surface area contributed by atoms with Gasteiger partial charge in [0.25, 0.3) is 0 Å². The van der Waals surface area contributed by atoms with Gasteiger partial charge in [-0.05, 0) is 54.8 Å². The molecule has 2 rings (SSSR count). The lowest BCUT2D eigenvalue weighted by Crippen LogP contribution is -2.12. The average Bonchev–Trinajstić information content (AvgIpc) is 2.95. The zero-order chi connectivity index (χ0) is 22.2. The van der Waals surface area contributed by atoms with Crippen LogP contribution in [0, 0.1) is 16.7 Å². The number of carbonyl (C=O) groups excluding carboxylic acids is 1. The van der Waals surface area contributed by atoms with E-state index in [4.69, 9.17) is 25.5 Å². The molecule has 0 spiro atoms. The van der Waals surface area contributed by atoms with Crippen molar-refractivity contribution in [2.24, 2.45) is 11.1 Å². The molecule has 1 aromatic heterocycles. The highest BCUT2D eigenvalue weighted by Gasteiger charge is 2.53. The minimum absolute atomic E-state index is 0.00518. The maximum Gasteiger partial charge on any atom is 0.400 e. The molecule has 1 amide bonds. The number of halogens is 3. The van der Waals surface area contributed by atoms with Gasteiger partial charge in [-0.15, -0.1) is 11.3 Å². The van der Waals surface area contributed by atoms with Crippen LogP contribution in [0.25, 0.3) is 10.1 Å². The van der Waals surface area contributed by atoms with Crippen molar-refractivity contribution in [2.45, 2.75) is 32.4 Å². The number of nitrogens with two attached hydrogens (primary N) is 1. The van der Waals surface area contributed by atoms with E-state index >= 15 is 0 Å². The molecule has 4 N–H and O–H groups in total. The molecule has 1 heterocycles. The van der Waals surface area contributed by atoms with Crippen LogP contribution >= 0.6 is 34.9 Å². The summed E-state index contributed by atoms with van der Waals surface area (Å²) in [6.45, 7) is 3.68. The first-order valence-electron chi connectivity index (χ1n) is 8.25. The molecule has 0 bridgehead atoms. The first kappa shape index (κ1) is 23.7. The zero-order valence-electron chi connectivity index (χ0n) is 15.4. The summed E-state index contributed by atoms with van der Waals surface area (Å²) in [5, 5.41) is 9.17. The number of ether oxygens (including phenoxy) is 1. The van der Waals surface area contributed by atoms with Crippen LogP contribution in [0.5, 0.6) is 5.75 Å². The number of amides is 1. The number of primary amides is 1. The first-order chi connectivity index (χ1) is 13.2. The lowest BCUT2D eigenvalue weighted by atomic mass is 9.90. The van der Waals surface area contributed by atoms with Crippen molar-refractivity contribution in [1.29, 1.82) is 5.26 Å². The van der Waals surface area contributed by atoms with Crippen molar-refractivity contribution in [3.05, 3.63) is 27.0 Å². The van der Waals surface area contributed by atoms with E-state index in [2.05, 4.69) is 22.0 Å². The van der Waals surface area contributed by atoms with Crippen LogP contribution in [0.3, 0.4) is 0 Å². The fourth-order valence-electron chi connectivity index (χ4n) is 2.47. The number of thiophene rings is 1. The molecule has 0 saturated carbocycles. The Morgan fingerprint density at radius 2 is 2.03 bits per heavy atom. The van der Waals surface area contributed by atoms with Crippen LogP contribution in [0.1, 0.15) is 41.9 Å². The smallest absolute Gasteiger partial charge is 0.400 e. The predicted molar refractivity (Wildman–Crippen MR) is 108 cm³/mol. The molecule has 0 atom stereocenters. The number of hydrogen-bond donors (Lipinski definition) is 3. The second-order valence-electron chi connectivity index (χ2n) is 6.99. The van der Waals surface area contributed by atoms with Crippen LogP contribution in [-0.2, 0) is 10.2 Å². The standard InChI is InChI=1S/C17H18BrF2N2O5PS/c1-16(2,8-21)4-3-5-27-11-7-9(15(22)23)6-10-12(18)14(29-13(10)11)17(19,20)28(24,25)26/h6-7H,3-5H2,1-2H3,(H2,22,23)(H2,24,25,26). The van der Waals surface area contributed by atoms with Gasteiger partial charge in [-0.25, -0.2) is 0 Å². The summed E-state index contributed by atoms with van der Waals surface area (Å²) in [6.07, 6.45) is 1.01. The molecule has 7 nitrogen and oxygen atoms in total. The van der Waals surface area contributed by atoms with Gasteiger partial charge in [0.15, 0.2) is 0 Å². The lowest BCUT2D eigenvalue weighted by molar-refractivity contribution is 0.0595. The van der Waals surface area contributed by atoms with E-state index in [1.165, 1.54) is 12.1 Å². The fourth-order valence-corrected chi connectivity index (χ4v) is 5.44. The Hall–Kier alpha value is -1.57. The molecular weight excluding hydrogens is 493 g/mol. The molecule has 0 radical (unpaired) electrons. The number of fused-ring (bicyclic) bond motifs is 1. The van der Waals surface area contributed by atoms with Gasteiger partial charge in [-0.1, -0.05) is 0 Å². The molecule has 0 aliphatic heterocycles. The lowest BCUT2D eigenvalue weighted by Gasteiger charge is -2.16. The summed E-state index contributed by atoms with van der Waals surface area (Å²) in [5.74, 6) is -0.728. The molecule has 29 heavy (non-hydrogen) atoms. The highest BCUT2D eigenvalue weighted by atomic mass is 79.9. The Balaban J connectivity index is 2.49. The van der Waals surface area contributed by atoms with Gasteiger partial charge < -0.3 is 20.3 Å². The average molecular weight is 511 g/mol. The number of nitrogens with zero attached hydrogens (tertiary/aromatic N) is 1. The van der Waals surface area contributed by atoms with Crippen molar-refractivity contribution in [1.82, 2.24) is 0 Å². The third-order valence-corrected chi connectivity index (χ3v) is 7.61. The second-order valence-corrected chi connectivity index (χ2v) is 10.5. The van der Waals surface area contributed by atoms with Crippen molar-refractivity contribution >= 4 is 50.9 Å². The summed E-state index contributed by atoms with van der Waals surface area (Å²) in [4.78, 5) is 28.8. The minimum Gasteiger partial charge on any atom is -0.492 e. The number of carbonyl (C=O) groups is 1. The summed E-state index contributed by atoms with van der Waals surface area (Å²) >= 11 is 3.41. The first-order valence-corrected chi connectivity index (χ1v) is 11.5. The van der Waals surface area contributed by atoms with Crippen LogP contribution in [0.2, 0.25) is 0 Å². The number of nitriles is 1. The van der Waals surface area contributed by atoms with E-state index in [0.717, 1.165) is 0 Å².